The van der Waals surface area contributed by atoms with Gasteiger partial charge in [-0.05, 0) is 38.5 Å². The number of hydrogen-bond acceptors (Lipinski definition) is 8. The van der Waals surface area contributed by atoms with Gasteiger partial charge < -0.3 is 18.9 Å². The Hall–Kier alpha value is 0.0197. The van der Waals surface area contributed by atoms with E-state index in [9.17, 15) is 35.5 Å². The molecule has 0 aliphatic heterocycles. The summed E-state index contributed by atoms with van der Waals surface area (Å²) in [5.74, 6) is -0.441. The largest absolute Gasteiger partial charge is 2.00 e. The van der Waals surface area contributed by atoms with Crippen molar-refractivity contribution in [1.82, 2.24) is 9.80 Å². The third-order valence-electron chi connectivity index (χ3n) is 14.1. The first kappa shape index (κ1) is 75.3. The second-order valence-electron chi connectivity index (χ2n) is 21.2. The summed E-state index contributed by atoms with van der Waals surface area (Å²) < 4.78 is 63.5. The third kappa shape index (κ3) is 66.1. The summed E-state index contributed by atoms with van der Waals surface area (Å²) in [6.07, 6.45) is 59.8. The predicted molar refractivity (Wildman–Crippen MR) is 303 cm³/mol. The van der Waals surface area contributed by atoms with Crippen LogP contribution in [-0.2, 0) is 29.8 Å². The van der Waals surface area contributed by atoms with Gasteiger partial charge >= 0.3 is 37.7 Å². The first-order chi connectivity index (χ1) is 33.7. The van der Waals surface area contributed by atoms with Gasteiger partial charge in [0.05, 0.1) is 20.2 Å². The Balaban J connectivity index is -0.00000128. The molecule has 0 aromatic heterocycles. The average Bonchev–Trinajstić information content (AvgIpc) is 3.32. The van der Waals surface area contributed by atoms with Gasteiger partial charge in [0.2, 0.25) is 11.8 Å². The van der Waals surface area contributed by atoms with Crippen LogP contribution in [0.4, 0.5) is 0 Å². The monoisotopic (exact) mass is 1070 g/mol. The van der Waals surface area contributed by atoms with Gasteiger partial charge in [-0.15, -0.1) is 0 Å². The number of amides is 2. The second-order valence-corrected chi connectivity index (χ2v) is 24.3. The van der Waals surface area contributed by atoms with Crippen LogP contribution >= 0.6 is 0 Å². The van der Waals surface area contributed by atoms with Crippen LogP contribution in [0.25, 0.3) is 0 Å². The van der Waals surface area contributed by atoms with Crippen LogP contribution in [0.1, 0.15) is 322 Å². The van der Waals surface area contributed by atoms with Crippen LogP contribution < -0.4 is 0 Å². The molecule has 420 valence electrons. The van der Waals surface area contributed by atoms with E-state index in [1.54, 1.807) is 23.9 Å². The van der Waals surface area contributed by atoms with Gasteiger partial charge in [-0.3, -0.25) is 9.59 Å². The maximum atomic E-state index is 12.1. The molecule has 0 heterocycles. The topological polar surface area (TPSA) is 155 Å². The Morgan fingerprint density at radius 2 is 0.465 bits per heavy atom. The number of hydrogen-bond donors (Lipinski definition) is 0. The Bertz CT molecular complexity index is 1240. The molecule has 0 aromatic rings. The molecule has 2 amide bonds. The van der Waals surface area contributed by atoms with Crippen LogP contribution in [-0.4, -0.2) is 124 Å². The molecule has 0 atom stereocenters. The van der Waals surface area contributed by atoms with E-state index in [4.69, 9.17) is 0 Å². The molecule has 0 aliphatic rings. The first-order valence-corrected chi connectivity index (χ1v) is 33.2. The molecule has 10 nitrogen and oxygen atoms in total. The van der Waals surface area contributed by atoms with Gasteiger partial charge in [-0.2, -0.15) is 0 Å². The average molecular weight is 1070 g/mol. The maximum absolute atomic E-state index is 12.1. The van der Waals surface area contributed by atoms with E-state index in [1.165, 1.54) is 244 Å². The van der Waals surface area contributed by atoms with E-state index >= 15 is 0 Å². The number of rotatable bonds is 54. The van der Waals surface area contributed by atoms with Crippen LogP contribution in [0.3, 0.4) is 0 Å². The number of carbonyl (C=O) groups is 2. The number of carbonyl (C=O) groups excluding carboxylic acids is 2. The molecule has 71 heavy (non-hydrogen) atoms. The summed E-state index contributed by atoms with van der Waals surface area (Å²) in [5, 5.41) is 0. The fraction of sp³-hybridized carbons (Fsp3) is 0.966. The van der Waals surface area contributed by atoms with E-state index in [0.717, 1.165) is 25.7 Å². The molecule has 0 N–H and O–H groups in total. The summed E-state index contributed by atoms with van der Waals surface area (Å²) in [7, 11) is -4.77. The fourth-order valence-electron chi connectivity index (χ4n) is 9.30. The van der Waals surface area contributed by atoms with Crippen molar-refractivity contribution < 1.29 is 35.5 Å². The summed E-state index contributed by atoms with van der Waals surface area (Å²) in [6, 6.07) is 0. The molecule has 0 aliphatic carbocycles. The molecular formula is C58H116CaN2O8S2. The van der Waals surface area contributed by atoms with Crippen LogP contribution in [0.5, 0.6) is 0 Å². The smallest absolute Gasteiger partial charge is 0.748 e. The van der Waals surface area contributed by atoms with Gasteiger partial charge in [0.1, 0.15) is 0 Å². The second kappa shape index (κ2) is 57.7. The Labute approximate surface area is 472 Å². The molecular weight excluding hydrogens is 957 g/mol. The van der Waals surface area contributed by atoms with Gasteiger partial charge in [0.25, 0.3) is 0 Å². The van der Waals surface area contributed by atoms with Gasteiger partial charge in [-0.1, -0.05) is 271 Å². The van der Waals surface area contributed by atoms with Crippen molar-refractivity contribution in [3.63, 3.8) is 0 Å². The number of unbranched alkanes of at least 4 members (excludes halogenated alkanes) is 42. The van der Waals surface area contributed by atoms with Crippen molar-refractivity contribution in [3.05, 3.63) is 0 Å². The Morgan fingerprint density at radius 3 is 0.634 bits per heavy atom. The zero-order chi connectivity index (χ0) is 52.1. The Kier molecular flexibility index (Phi) is 61.2. The first-order valence-electron chi connectivity index (χ1n) is 30.1. The van der Waals surface area contributed by atoms with Crippen LogP contribution in [0, 0.1) is 0 Å². The van der Waals surface area contributed by atoms with Crippen molar-refractivity contribution in [2.24, 2.45) is 0 Å². The zero-order valence-electron chi connectivity index (χ0n) is 47.5. The quantitative estimate of drug-likeness (QED) is 0.0331. The minimum Gasteiger partial charge on any atom is -0.748 e. The molecule has 0 bridgehead atoms. The molecule has 0 spiro atoms. The van der Waals surface area contributed by atoms with Crippen molar-refractivity contribution in [2.45, 2.75) is 322 Å². The van der Waals surface area contributed by atoms with Crippen molar-refractivity contribution in [3.8, 4) is 0 Å². The van der Waals surface area contributed by atoms with E-state index in [1.807, 2.05) is 0 Å². The van der Waals surface area contributed by atoms with E-state index in [2.05, 4.69) is 13.8 Å². The summed E-state index contributed by atoms with van der Waals surface area (Å²) in [5.41, 5.74) is 0. The SMILES string of the molecule is CCCCCCCCCCCCCCCCCCCCCCCC(=O)N(C)CCCCS(=O)(=O)[O-].CCCCCCCCCCCCCCCCCCCCCCCC(=O)N(C)CCCCS(=O)(=O)[O-].[Ca+2]. The zero-order valence-corrected chi connectivity index (χ0v) is 51.3. The molecule has 0 saturated heterocycles. The van der Waals surface area contributed by atoms with E-state index in [0.29, 0.717) is 51.6 Å². The van der Waals surface area contributed by atoms with Crippen molar-refractivity contribution >= 4 is 69.8 Å². The van der Waals surface area contributed by atoms with Crippen LogP contribution in [0.2, 0.25) is 0 Å². The van der Waals surface area contributed by atoms with E-state index < -0.39 is 20.2 Å². The fourth-order valence-corrected chi connectivity index (χ4v) is 10.4. The minimum atomic E-state index is -4.14. The standard InChI is InChI=1S/2C29H59NO4S.Ca/c2*1-3-4-5-6-7-8-9-10-11-12-13-14-15-16-17-18-19-20-21-22-23-26-29(31)30(2)27-24-25-28-35(32,33)34;/h2*3-28H2,1-2H3,(H,32,33,34);/q;;+2/p-2. The van der Waals surface area contributed by atoms with Gasteiger partial charge in [0, 0.05) is 51.5 Å². The summed E-state index contributed by atoms with van der Waals surface area (Å²) >= 11 is 0. The summed E-state index contributed by atoms with van der Waals surface area (Å²) in [4.78, 5) is 27.5. The predicted octanol–water partition coefficient (Wildman–Crippen LogP) is 16.4. The maximum Gasteiger partial charge on any atom is 2.00 e. The van der Waals surface area contributed by atoms with Gasteiger partial charge in [0.15, 0.2) is 0 Å². The van der Waals surface area contributed by atoms with Gasteiger partial charge in [-0.25, -0.2) is 16.8 Å². The normalized spacial score (nSPS) is 11.6. The van der Waals surface area contributed by atoms with E-state index in [-0.39, 0.29) is 61.1 Å². The molecule has 0 fully saturated rings. The Morgan fingerprint density at radius 1 is 0.296 bits per heavy atom. The van der Waals surface area contributed by atoms with Crippen LogP contribution in [0.15, 0.2) is 0 Å². The molecule has 0 rings (SSSR count). The number of nitrogens with zero attached hydrogens (tertiary/aromatic N) is 2. The molecule has 0 radical (unpaired) electrons. The summed E-state index contributed by atoms with van der Waals surface area (Å²) in [6.45, 7) is 5.61. The minimum absolute atomic E-state index is 0. The van der Waals surface area contributed by atoms with Crippen molar-refractivity contribution in [2.75, 3.05) is 38.7 Å². The molecule has 0 saturated carbocycles. The van der Waals surface area contributed by atoms with Crippen molar-refractivity contribution in [1.29, 1.82) is 0 Å². The molecule has 13 heteroatoms. The molecule has 0 unspecified atom stereocenters. The third-order valence-corrected chi connectivity index (χ3v) is 15.7. The molecule has 0 aromatic carbocycles.